The number of aryl methyl sites for hydroxylation is 1. The third-order valence-corrected chi connectivity index (χ3v) is 4.03. The van der Waals surface area contributed by atoms with Crippen LogP contribution in [0.2, 0.25) is 5.02 Å². The van der Waals surface area contributed by atoms with Crippen molar-refractivity contribution in [1.82, 2.24) is 19.5 Å². The van der Waals surface area contributed by atoms with Crippen LogP contribution in [0.15, 0.2) is 24.5 Å². The number of hydrogen-bond donors (Lipinski definition) is 4. The minimum absolute atomic E-state index is 0.317. The predicted molar refractivity (Wildman–Crippen MR) is 104 cm³/mol. The van der Waals surface area contributed by atoms with Gasteiger partial charge in [-0.2, -0.15) is 9.97 Å². The van der Waals surface area contributed by atoms with Gasteiger partial charge in [0.1, 0.15) is 0 Å². The van der Waals surface area contributed by atoms with Crippen molar-refractivity contribution in [3.05, 3.63) is 35.1 Å². The normalized spacial score (nSPS) is 11.7. The molecule has 0 aliphatic heterocycles. The second kappa shape index (κ2) is 6.97. The first-order valence-electron chi connectivity index (χ1n) is 8.16. The third-order valence-electron chi connectivity index (χ3n) is 3.79. The zero-order valence-corrected chi connectivity index (χ0v) is 15.7. The molecule has 0 spiro atoms. The van der Waals surface area contributed by atoms with Crippen molar-refractivity contribution in [1.29, 1.82) is 0 Å². The Kier molecular flexibility index (Phi) is 4.88. The largest absolute Gasteiger partial charge is 0.398 e. The van der Waals surface area contributed by atoms with E-state index in [-0.39, 0.29) is 0 Å². The number of rotatable bonds is 6. The first kappa shape index (κ1) is 18.2. The average molecular weight is 376 g/mol. The van der Waals surface area contributed by atoms with E-state index in [1.807, 2.05) is 17.7 Å². The molecule has 0 saturated heterocycles. The van der Waals surface area contributed by atoms with Gasteiger partial charge < -0.3 is 26.0 Å². The molecule has 0 bridgehead atoms. The van der Waals surface area contributed by atoms with Crippen molar-refractivity contribution in [3.63, 3.8) is 0 Å². The lowest BCUT2D eigenvalue weighted by atomic mass is 10.1. The van der Waals surface area contributed by atoms with Crippen LogP contribution in [0, 0.1) is 0 Å². The first-order valence-corrected chi connectivity index (χ1v) is 8.54. The molecule has 0 unspecified atom stereocenters. The van der Waals surface area contributed by atoms with Crippen molar-refractivity contribution in [2.45, 2.75) is 26.0 Å². The lowest BCUT2D eigenvalue weighted by Crippen LogP contribution is -2.30. The minimum Gasteiger partial charge on any atom is -0.398 e. The number of aromatic nitrogens is 4. The minimum atomic E-state index is -0.881. The second-order valence-electron chi connectivity index (χ2n) is 6.79. The van der Waals surface area contributed by atoms with Gasteiger partial charge in [-0.1, -0.05) is 11.6 Å². The Morgan fingerprint density at radius 2 is 2.04 bits per heavy atom. The fourth-order valence-electron chi connectivity index (χ4n) is 2.41. The Morgan fingerprint density at radius 1 is 1.27 bits per heavy atom. The second-order valence-corrected chi connectivity index (χ2v) is 7.22. The highest BCUT2D eigenvalue weighted by molar-refractivity contribution is 6.30. The van der Waals surface area contributed by atoms with Crippen LogP contribution in [0.3, 0.4) is 0 Å². The molecule has 0 fully saturated rings. The molecule has 9 heteroatoms. The number of nitrogens with two attached hydrogens (primary N) is 1. The molecule has 0 amide bonds. The van der Waals surface area contributed by atoms with Gasteiger partial charge in [-0.15, -0.1) is 0 Å². The van der Waals surface area contributed by atoms with Crippen molar-refractivity contribution in [2.24, 2.45) is 7.05 Å². The number of nitrogens with one attached hydrogen (secondary N) is 2. The summed E-state index contributed by atoms with van der Waals surface area (Å²) in [5.74, 6) is 0.984. The summed E-state index contributed by atoms with van der Waals surface area (Å²) in [4.78, 5) is 13.3. The zero-order chi connectivity index (χ0) is 18.9. The smallest absolute Gasteiger partial charge is 0.226 e. The molecule has 0 atom stereocenters. The highest BCUT2D eigenvalue weighted by Crippen LogP contribution is 2.23. The predicted octanol–water partition coefficient (Wildman–Crippen LogP) is 2.39. The van der Waals surface area contributed by atoms with E-state index in [0.29, 0.717) is 46.7 Å². The Morgan fingerprint density at radius 3 is 2.77 bits per heavy atom. The lowest BCUT2D eigenvalue weighted by Gasteiger charge is -2.18. The molecular weight excluding hydrogens is 354 g/mol. The zero-order valence-electron chi connectivity index (χ0n) is 14.9. The summed E-state index contributed by atoms with van der Waals surface area (Å²) in [6, 6.07) is 5.33. The van der Waals surface area contributed by atoms with Gasteiger partial charge in [-0.3, -0.25) is 0 Å². The van der Waals surface area contributed by atoms with E-state index < -0.39 is 5.60 Å². The van der Waals surface area contributed by atoms with Crippen LogP contribution in [-0.4, -0.2) is 36.8 Å². The van der Waals surface area contributed by atoms with Crippen LogP contribution in [0.25, 0.3) is 11.2 Å². The van der Waals surface area contributed by atoms with Gasteiger partial charge in [0, 0.05) is 30.8 Å². The molecule has 0 aliphatic carbocycles. The van der Waals surface area contributed by atoms with Gasteiger partial charge in [0.15, 0.2) is 17.0 Å². The van der Waals surface area contributed by atoms with Crippen LogP contribution in [0.1, 0.15) is 19.4 Å². The third kappa shape index (κ3) is 4.14. The Hall–Kier alpha value is -2.58. The summed E-state index contributed by atoms with van der Waals surface area (Å²) < 4.78 is 1.81. The first-order chi connectivity index (χ1) is 12.2. The van der Waals surface area contributed by atoms with E-state index in [1.54, 1.807) is 32.3 Å². The van der Waals surface area contributed by atoms with Crippen LogP contribution >= 0.6 is 11.6 Å². The molecule has 138 valence electrons. The number of benzene rings is 1. The maximum Gasteiger partial charge on any atom is 0.226 e. The molecule has 26 heavy (non-hydrogen) atoms. The fourth-order valence-corrected chi connectivity index (χ4v) is 2.61. The van der Waals surface area contributed by atoms with Crippen LogP contribution in [0.5, 0.6) is 0 Å². The molecule has 3 rings (SSSR count). The van der Waals surface area contributed by atoms with E-state index in [9.17, 15) is 5.11 Å². The fraction of sp³-hybridized carbons (Fsp3) is 0.353. The summed E-state index contributed by atoms with van der Waals surface area (Å²) in [7, 11) is 1.86. The molecular formula is C17H22ClN7O. The number of hydrogen-bond acceptors (Lipinski definition) is 7. The number of anilines is 3. The van der Waals surface area contributed by atoms with E-state index in [4.69, 9.17) is 17.3 Å². The van der Waals surface area contributed by atoms with Crippen molar-refractivity contribution < 1.29 is 5.11 Å². The molecule has 3 aromatic rings. The highest BCUT2D eigenvalue weighted by Gasteiger charge is 2.16. The Bertz CT molecular complexity index is 933. The summed E-state index contributed by atoms with van der Waals surface area (Å²) in [6.45, 7) is 4.18. The summed E-state index contributed by atoms with van der Waals surface area (Å²) in [5.41, 5.74) is 7.97. The molecule has 2 heterocycles. The summed E-state index contributed by atoms with van der Waals surface area (Å²) in [5, 5.41) is 16.8. The van der Waals surface area contributed by atoms with Crippen molar-refractivity contribution >= 4 is 40.2 Å². The quantitative estimate of drug-likeness (QED) is 0.489. The Labute approximate surface area is 156 Å². The van der Waals surface area contributed by atoms with Crippen molar-refractivity contribution in [2.75, 3.05) is 22.9 Å². The number of fused-ring (bicyclic) bond motifs is 1. The van der Waals surface area contributed by atoms with Crippen LogP contribution in [0.4, 0.5) is 17.5 Å². The topological polar surface area (TPSA) is 114 Å². The molecule has 2 aromatic heterocycles. The van der Waals surface area contributed by atoms with E-state index >= 15 is 0 Å². The summed E-state index contributed by atoms with van der Waals surface area (Å²) in [6.07, 6.45) is 1.68. The lowest BCUT2D eigenvalue weighted by molar-refractivity contribution is 0.0943. The molecule has 5 N–H and O–H groups in total. The number of halogens is 1. The average Bonchev–Trinajstić information content (AvgIpc) is 2.94. The van der Waals surface area contributed by atoms with Gasteiger partial charge in [0.25, 0.3) is 0 Å². The van der Waals surface area contributed by atoms with Gasteiger partial charge >= 0.3 is 0 Å². The highest BCUT2D eigenvalue weighted by atomic mass is 35.5. The van der Waals surface area contributed by atoms with Crippen LogP contribution < -0.4 is 16.4 Å². The van der Waals surface area contributed by atoms with Gasteiger partial charge in [0.2, 0.25) is 5.95 Å². The van der Waals surface area contributed by atoms with E-state index in [2.05, 4.69) is 25.6 Å². The number of aliphatic hydroxyl groups is 1. The molecule has 8 nitrogen and oxygen atoms in total. The maximum absolute atomic E-state index is 9.91. The monoisotopic (exact) mass is 375 g/mol. The molecule has 0 radical (unpaired) electrons. The van der Waals surface area contributed by atoms with Gasteiger partial charge in [-0.05, 0) is 37.6 Å². The van der Waals surface area contributed by atoms with Crippen LogP contribution in [-0.2, 0) is 13.6 Å². The van der Waals surface area contributed by atoms with Crippen molar-refractivity contribution in [3.8, 4) is 0 Å². The standard InChI is InChI=1S/C17H22ClN7O/c1-17(2,26)8-21-16-23-14(13-15(24-16)25(3)9-22-13)20-7-10-6-11(18)4-5-12(10)19/h4-6,9,26H,7-8,19H2,1-3H3,(H2,20,21,23,24). The molecule has 0 saturated carbocycles. The number of nitrogen functional groups attached to an aromatic ring is 1. The van der Waals surface area contributed by atoms with Gasteiger partial charge in [-0.25, -0.2) is 4.98 Å². The molecule has 1 aromatic carbocycles. The maximum atomic E-state index is 9.91. The summed E-state index contributed by atoms with van der Waals surface area (Å²) >= 11 is 6.05. The SMILES string of the molecule is Cn1cnc2c(NCc3cc(Cl)ccc3N)nc(NCC(C)(C)O)nc21. The number of nitrogens with zero attached hydrogens (tertiary/aromatic N) is 4. The Balaban J connectivity index is 1.89. The molecule has 0 aliphatic rings. The van der Waals surface area contributed by atoms with Gasteiger partial charge in [0.05, 0.1) is 11.9 Å². The number of imidazole rings is 1. The van der Waals surface area contributed by atoms with E-state index in [0.717, 1.165) is 5.56 Å². The van der Waals surface area contributed by atoms with E-state index in [1.165, 1.54) is 0 Å².